The molecule has 6 heterocycles. The van der Waals surface area contributed by atoms with E-state index in [-0.39, 0.29) is 34.9 Å². The van der Waals surface area contributed by atoms with Crippen LogP contribution in [0.1, 0.15) is 65.7 Å². The van der Waals surface area contributed by atoms with Gasteiger partial charge in [0, 0.05) is 42.5 Å². The highest BCUT2D eigenvalue weighted by Gasteiger charge is 2.45. The minimum Gasteiger partial charge on any atom is -0.461 e. The van der Waals surface area contributed by atoms with Crippen LogP contribution in [0.3, 0.4) is 0 Å². The fraction of sp³-hybridized carbons (Fsp3) is 0.567. The summed E-state index contributed by atoms with van der Waals surface area (Å²) in [5.41, 5.74) is -0.132. The van der Waals surface area contributed by atoms with Gasteiger partial charge < -0.3 is 15.0 Å². The topological polar surface area (TPSA) is 66.4 Å². The summed E-state index contributed by atoms with van der Waals surface area (Å²) in [6.07, 6.45) is 4.49. The van der Waals surface area contributed by atoms with Gasteiger partial charge >= 0.3 is 6.01 Å². The summed E-state index contributed by atoms with van der Waals surface area (Å²) in [6.45, 7) is 2.73. The Balaban J connectivity index is 1.37. The van der Waals surface area contributed by atoms with Gasteiger partial charge in [0.25, 0.3) is 6.43 Å². The molecule has 0 unspecified atom stereocenters. The van der Waals surface area contributed by atoms with E-state index >= 15 is 4.39 Å². The predicted octanol–water partition coefficient (Wildman–Crippen LogP) is 5.28. The molecule has 4 aliphatic rings. The number of anilines is 1. The average molecular weight is 555 g/mol. The van der Waals surface area contributed by atoms with E-state index in [1.807, 2.05) is 6.92 Å². The van der Waals surface area contributed by atoms with E-state index in [0.29, 0.717) is 54.7 Å². The van der Waals surface area contributed by atoms with Crippen molar-refractivity contribution in [2.75, 3.05) is 37.6 Å². The lowest BCUT2D eigenvalue weighted by molar-refractivity contribution is 0.108. The molecular weight excluding hydrogens is 517 g/mol. The van der Waals surface area contributed by atoms with E-state index in [1.54, 1.807) is 6.07 Å². The number of piperazine rings is 1. The smallest absolute Gasteiger partial charge is 0.319 e. The predicted molar refractivity (Wildman–Crippen MR) is 147 cm³/mol. The zero-order valence-corrected chi connectivity index (χ0v) is 22.6. The molecule has 212 valence electrons. The summed E-state index contributed by atoms with van der Waals surface area (Å²) >= 11 is 0. The van der Waals surface area contributed by atoms with Gasteiger partial charge in [-0.15, -0.1) is 0 Å². The molecule has 0 amide bonds. The number of pyridine rings is 1. The van der Waals surface area contributed by atoms with Gasteiger partial charge in [-0.1, -0.05) is 19.1 Å². The molecule has 4 fully saturated rings. The van der Waals surface area contributed by atoms with E-state index in [0.717, 1.165) is 38.8 Å². The fourth-order valence-electron chi connectivity index (χ4n) is 7.14. The van der Waals surface area contributed by atoms with Crippen LogP contribution in [0.5, 0.6) is 6.01 Å². The number of nitrogens with zero attached hydrogens (tertiary/aromatic N) is 5. The van der Waals surface area contributed by atoms with Crippen molar-refractivity contribution in [1.29, 1.82) is 0 Å². The van der Waals surface area contributed by atoms with Crippen molar-refractivity contribution in [2.45, 2.75) is 75.9 Å². The van der Waals surface area contributed by atoms with Crippen LogP contribution in [0.4, 0.5) is 19.0 Å². The van der Waals surface area contributed by atoms with Crippen molar-refractivity contribution < 1.29 is 20.6 Å². The zero-order valence-electron chi connectivity index (χ0n) is 24.6. The summed E-state index contributed by atoms with van der Waals surface area (Å²) in [7, 11) is 0. The Hall–Kier alpha value is -2.98. The van der Waals surface area contributed by atoms with E-state index in [2.05, 4.69) is 25.1 Å². The van der Waals surface area contributed by atoms with Gasteiger partial charge in [-0.05, 0) is 69.7 Å². The van der Waals surface area contributed by atoms with Crippen LogP contribution in [0.25, 0.3) is 22.2 Å². The van der Waals surface area contributed by atoms with E-state index < -0.39 is 24.3 Å². The van der Waals surface area contributed by atoms with Crippen molar-refractivity contribution >= 4 is 16.7 Å². The van der Waals surface area contributed by atoms with Crippen LogP contribution in [-0.2, 0) is 6.42 Å². The summed E-state index contributed by atoms with van der Waals surface area (Å²) in [5, 5.41) is 3.97. The summed E-state index contributed by atoms with van der Waals surface area (Å²) in [6, 6.07) is 4.55. The second-order valence-electron chi connectivity index (χ2n) is 11.6. The first-order valence-electron chi connectivity index (χ1n) is 15.4. The number of ether oxygens (including phenoxy) is 1. The number of rotatable bonds is 7. The van der Waals surface area contributed by atoms with Gasteiger partial charge in [0.2, 0.25) is 0 Å². The van der Waals surface area contributed by atoms with Crippen molar-refractivity contribution in [1.82, 2.24) is 25.2 Å². The molecule has 0 spiro atoms. The maximum absolute atomic E-state index is 16.5. The van der Waals surface area contributed by atoms with Gasteiger partial charge in [-0.2, -0.15) is 9.97 Å². The normalized spacial score (nSPS) is 25.0. The van der Waals surface area contributed by atoms with Crippen molar-refractivity contribution in [3.63, 3.8) is 0 Å². The fourth-order valence-corrected chi connectivity index (χ4v) is 7.14. The molecule has 2 aromatic heterocycles. The molecule has 1 N–H and O–H groups in total. The highest BCUT2D eigenvalue weighted by atomic mass is 19.3. The molecular formula is C30H35F3N6O. The summed E-state index contributed by atoms with van der Waals surface area (Å²) in [4.78, 5) is 17.8. The molecule has 2 atom stereocenters. The van der Waals surface area contributed by atoms with Crippen LogP contribution in [0.15, 0.2) is 24.4 Å². The third-order valence-corrected chi connectivity index (χ3v) is 9.16. The van der Waals surface area contributed by atoms with Crippen LogP contribution in [0, 0.1) is 5.82 Å². The van der Waals surface area contributed by atoms with Gasteiger partial charge in [0.15, 0.2) is 5.82 Å². The number of hydrogen-bond donors (Lipinski definition) is 1. The van der Waals surface area contributed by atoms with Gasteiger partial charge in [0.05, 0.1) is 13.7 Å². The highest BCUT2D eigenvalue weighted by molar-refractivity contribution is 5.92. The zero-order chi connectivity index (χ0) is 29.2. The second-order valence-corrected chi connectivity index (χ2v) is 11.6. The first-order chi connectivity index (χ1) is 20.2. The number of benzene rings is 1. The number of fused-ring (bicyclic) bond motifs is 4. The van der Waals surface area contributed by atoms with Crippen LogP contribution in [0.2, 0.25) is 0 Å². The largest absolute Gasteiger partial charge is 0.461 e. The van der Waals surface area contributed by atoms with Crippen LogP contribution >= 0.6 is 0 Å². The Morgan fingerprint density at radius 2 is 1.90 bits per heavy atom. The van der Waals surface area contributed by atoms with E-state index in [4.69, 9.17) is 12.5 Å². The van der Waals surface area contributed by atoms with Crippen molar-refractivity contribution in [3.05, 3.63) is 41.3 Å². The van der Waals surface area contributed by atoms with Crippen molar-refractivity contribution in [2.24, 2.45) is 0 Å². The first-order valence-corrected chi connectivity index (χ1v) is 14.4. The number of aromatic nitrogens is 3. The SMILES string of the molecule is [2H]C([2H])(Oc1nc(N2C[C@H]3CC[C@@H](C2)N3)c2cnc(-c3cc(C(F)F)ccc3CC)c(F)c2n1)C12CCCN1CCC2. The number of hydrogen-bond acceptors (Lipinski definition) is 7. The highest BCUT2D eigenvalue weighted by Crippen LogP contribution is 2.40. The number of nitrogens with one attached hydrogen (secondary N) is 1. The maximum atomic E-state index is 16.5. The maximum Gasteiger partial charge on any atom is 0.319 e. The van der Waals surface area contributed by atoms with Crippen LogP contribution < -0.4 is 15.0 Å². The number of alkyl halides is 2. The summed E-state index contributed by atoms with van der Waals surface area (Å²) < 4.78 is 67.9. The molecule has 0 saturated carbocycles. The van der Waals surface area contributed by atoms with Gasteiger partial charge in [0.1, 0.15) is 23.6 Å². The lowest BCUT2D eigenvalue weighted by Crippen LogP contribution is -2.51. The Morgan fingerprint density at radius 1 is 1.15 bits per heavy atom. The number of halogens is 3. The van der Waals surface area contributed by atoms with E-state index in [1.165, 1.54) is 18.3 Å². The Labute approximate surface area is 234 Å². The van der Waals surface area contributed by atoms with Gasteiger partial charge in [-0.25, -0.2) is 13.2 Å². The molecule has 7 nitrogen and oxygen atoms in total. The molecule has 0 radical (unpaired) electrons. The molecule has 3 aromatic rings. The minimum atomic E-state index is -2.71. The van der Waals surface area contributed by atoms with Gasteiger partial charge in [-0.3, -0.25) is 9.88 Å². The molecule has 1 aromatic carbocycles. The second kappa shape index (κ2) is 10.1. The lowest BCUT2D eigenvalue weighted by Gasteiger charge is -2.34. The first kappa shape index (κ1) is 23.7. The monoisotopic (exact) mass is 554 g/mol. The Morgan fingerprint density at radius 3 is 2.60 bits per heavy atom. The molecule has 2 bridgehead atoms. The summed E-state index contributed by atoms with van der Waals surface area (Å²) in [5.74, 6) is -0.311. The lowest BCUT2D eigenvalue weighted by atomic mass is 9.95. The standard InChI is InChI=1S/C30H35F3N6O/c1-2-18-5-6-19(27(32)33)13-22(18)25-24(31)26-23(14-34-25)28(38-15-20-7-8-21(16-38)35-20)37-29(36-26)40-17-30-9-3-11-39(30)12-4-10-30/h5-6,13-14,20-21,27,35H,2-4,7-12,15-17H2,1H3/t20-,21+/i17D2. The Kier molecular flexibility index (Phi) is 6.00. The Bertz CT molecular complexity index is 1500. The molecule has 4 saturated heterocycles. The molecule has 4 aliphatic heterocycles. The third kappa shape index (κ3) is 4.40. The number of aryl methyl sites for hydroxylation is 1. The van der Waals surface area contributed by atoms with Crippen LogP contribution in [-0.4, -0.2) is 70.2 Å². The van der Waals surface area contributed by atoms with Crippen molar-refractivity contribution in [3.8, 4) is 17.3 Å². The molecule has 10 heteroatoms. The molecule has 0 aliphatic carbocycles. The molecule has 40 heavy (non-hydrogen) atoms. The minimum absolute atomic E-state index is 0.0571. The average Bonchev–Trinajstić information content (AvgIpc) is 3.67. The molecule has 7 rings (SSSR count). The van der Waals surface area contributed by atoms with E-state index in [9.17, 15) is 8.78 Å². The quantitative estimate of drug-likeness (QED) is 0.426. The third-order valence-electron chi connectivity index (χ3n) is 9.16.